The van der Waals surface area contributed by atoms with Crippen LogP contribution in [0, 0.1) is 5.41 Å². The quantitative estimate of drug-likeness (QED) is 0.538. The maximum absolute atomic E-state index is 7.29. The molecule has 0 fully saturated rings. The van der Waals surface area contributed by atoms with Crippen LogP contribution in [0.1, 0.15) is 5.56 Å². The summed E-state index contributed by atoms with van der Waals surface area (Å²) >= 11 is 0. The zero-order chi connectivity index (χ0) is 9.84. The Hall–Kier alpha value is -1.71. The molecular weight excluding hydrogens is 168 g/mol. The summed E-state index contributed by atoms with van der Waals surface area (Å²) in [5, 5.41) is 7.29. The first kappa shape index (κ1) is 9.38. The Bertz CT molecular complexity index is 323. The summed E-state index contributed by atoms with van der Waals surface area (Å²) in [6, 6.07) is 5.23. The highest BCUT2D eigenvalue weighted by Gasteiger charge is 2.10. The topological polar surface area (TPSA) is 68.3 Å². The minimum absolute atomic E-state index is 0.0317. The van der Waals surface area contributed by atoms with Gasteiger partial charge in [-0.25, -0.2) is 0 Å². The van der Waals surface area contributed by atoms with Crippen molar-refractivity contribution in [1.82, 2.24) is 0 Å². The first-order chi connectivity index (χ1) is 6.20. The van der Waals surface area contributed by atoms with Crippen molar-refractivity contribution in [3.8, 4) is 11.5 Å². The van der Waals surface area contributed by atoms with Crippen LogP contribution in [0.4, 0.5) is 0 Å². The van der Waals surface area contributed by atoms with Gasteiger partial charge in [0.15, 0.2) is 11.5 Å². The lowest BCUT2D eigenvalue weighted by molar-refractivity contribution is 0.354. The third-order valence-corrected chi connectivity index (χ3v) is 1.69. The number of nitrogens with two attached hydrogens (primary N) is 1. The van der Waals surface area contributed by atoms with Crippen molar-refractivity contribution in [3.63, 3.8) is 0 Å². The van der Waals surface area contributed by atoms with E-state index < -0.39 is 0 Å². The van der Waals surface area contributed by atoms with Gasteiger partial charge >= 0.3 is 0 Å². The molecule has 0 unspecified atom stereocenters. The number of hydrogen-bond acceptors (Lipinski definition) is 3. The Morgan fingerprint density at radius 1 is 1.31 bits per heavy atom. The van der Waals surface area contributed by atoms with Crippen molar-refractivity contribution in [2.75, 3.05) is 14.2 Å². The third-order valence-electron chi connectivity index (χ3n) is 1.69. The van der Waals surface area contributed by atoms with Crippen molar-refractivity contribution in [1.29, 1.82) is 5.41 Å². The van der Waals surface area contributed by atoms with Crippen LogP contribution in [0.2, 0.25) is 0 Å². The van der Waals surface area contributed by atoms with Crippen LogP contribution in [-0.4, -0.2) is 20.1 Å². The monoisotopic (exact) mass is 180 g/mol. The Balaban J connectivity index is 3.27. The first-order valence-electron chi connectivity index (χ1n) is 3.76. The number of nitrogen functional groups attached to an aromatic ring is 1. The molecule has 1 aromatic rings. The SMILES string of the molecule is COc1cccc(C(=N)N)c1OC. The van der Waals surface area contributed by atoms with Gasteiger partial charge in [0.25, 0.3) is 0 Å². The molecule has 13 heavy (non-hydrogen) atoms. The van der Waals surface area contributed by atoms with Crippen molar-refractivity contribution < 1.29 is 9.47 Å². The second-order valence-electron chi connectivity index (χ2n) is 2.45. The molecule has 1 aromatic carbocycles. The second kappa shape index (κ2) is 3.80. The van der Waals surface area contributed by atoms with E-state index in [1.165, 1.54) is 7.11 Å². The van der Waals surface area contributed by atoms with Crippen molar-refractivity contribution in [2.45, 2.75) is 0 Å². The van der Waals surface area contributed by atoms with Crippen molar-refractivity contribution in [2.24, 2.45) is 5.73 Å². The number of methoxy groups -OCH3 is 2. The van der Waals surface area contributed by atoms with Crippen LogP contribution >= 0.6 is 0 Å². The van der Waals surface area contributed by atoms with E-state index >= 15 is 0 Å². The van der Waals surface area contributed by atoms with Crippen LogP contribution in [-0.2, 0) is 0 Å². The fourth-order valence-corrected chi connectivity index (χ4v) is 1.10. The normalized spacial score (nSPS) is 9.38. The van der Waals surface area contributed by atoms with E-state index in [-0.39, 0.29) is 5.84 Å². The molecule has 0 spiro atoms. The molecule has 1 rings (SSSR count). The first-order valence-corrected chi connectivity index (χ1v) is 3.76. The maximum Gasteiger partial charge on any atom is 0.171 e. The lowest BCUT2D eigenvalue weighted by Gasteiger charge is -2.10. The molecule has 0 bridgehead atoms. The zero-order valence-corrected chi connectivity index (χ0v) is 7.63. The van der Waals surface area contributed by atoms with Gasteiger partial charge in [0, 0.05) is 0 Å². The maximum atomic E-state index is 7.29. The van der Waals surface area contributed by atoms with Gasteiger partial charge in [0.2, 0.25) is 0 Å². The molecule has 0 saturated carbocycles. The van der Waals surface area contributed by atoms with E-state index in [0.29, 0.717) is 17.1 Å². The molecule has 0 atom stereocenters. The number of benzene rings is 1. The van der Waals surface area contributed by atoms with Gasteiger partial charge in [-0.15, -0.1) is 0 Å². The zero-order valence-electron chi connectivity index (χ0n) is 7.63. The Morgan fingerprint density at radius 2 is 2.00 bits per heavy atom. The lowest BCUT2D eigenvalue weighted by Crippen LogP contribution is -2.12. The van der Waals surface area contributed by atoms with E-state index in [2.05, 4.69) is 0 Å². The Kier molecular flexibility index (Phi) is 2.74. The van der Waals surface area contributed by atoms with Gasteiger partial charge in [-0.05, 0) is 12.1 Å². The van der Waals surface area contributed by atoms with E-state index in [1.807, 2.05) is 0 Å². The number of hydrogen-bond donors (Lipinski definition) is 2. The summed E-state index contributed by atoms with van der Waals surface area (Å²) in [5.41, 5.74) is 5.90. The van der Waals surface area contributed by atoms with Gasteiger partial charge in [-0.1, -0.05) is 6.07 Å². The molecule has 0 saturated heterocycles. The molecule has 0 aliphatic heterocycles. The average Bonchev–Trinajstić information content (AvgIpc) is 2.16. The molecule has 4 heteroatoms. The third kappa shape index (κ3) is 1.72. The van der Waals surface area contributed by atoms with Gasteiger partial charge in [-0.3, -0.25) is 5.41 Å². The highest BCUT2D eigenvalue weighted by molar-refractivity contribution is 5.98. The minimum atomic E-state index is -0.0317. The number of amidine groups is 1. The van der Waals surface area contributed by atoms with E-state index in [1.54, 1.807) is 25.3 Å². The van der Waals surface area contributed by atoms with E-state index in [9.17, 15) is 0 Å². The molecule has 70 valence electrons. The van der Waals surface area contributed by atoms with Crippen molar-refractivity contribution in [3.05, 3.63) is 23.8 Å². The molecule has 0 aliphatic carbocycles. The number of rotatable bonds is 3. The fourth-order valence-electron chi connectivity index (χ4n) is 1.10. The number of para-hydroxylation sites is 1. The van der Waals surface area contributed by atoms with Gasteiger partial charge in [0.1, 0.15) is 5.84 Å². The molecular formula is C9H12N2O2. The molecule has 0 amide bonds. The molecule has 4 nitrogen and oxygen atoms in total. The fraction of sp³-hybridized carbons (Fsp3) is 0.222. The van der Waals surface area contributed by atoms with Gasteiger partial charge in [0.05, 0.1) is 19.8 Å². The summed E-state index contributed by atoms with van der Waals surface area (Å²) in [5.74, 6) is 1.04. The van der Waals surface area contributed by atoms with E-state index in [0.717, 1.165) is 0 Å². The Labute approximate surface area is 76.8 Å². The van der Waals surface area contributed by atoms with Crippen LogP contribution in [0.15, 0.2) is 18.2 Å². The smallest absolute Gasteiger partial charge is 0.171 e. The summed E-state index contributed by atoms with van der Waals surface area (Å²) in [6.07, 6.45) is 0. The second-order valence-corrected chi connectivity index (χ2v) is 2.45. The summed E-state index contributed by atoms with van der Waals surface area (Å²) < 4.78 is 10.1. The summed E-state index contributed by atoms with van der Waals surface area (Å²) in [6.45, 7) is 0. The minimum Gasteiger partial charge on any atom is -0.493 e. The predicted octanol–water partition coefficient (Wildman–Crippen LogP) is 0.988. The number of nitrogens with one attached hydrogen (secondary N) is 1. The molecule has 0 radical (unpaired) electrons. The summed E-state index contributed by atoms with van der Waals surface area (Å²) in [4.78, 5) is 0. The largest absolute Gasteiger partial charge is 0.493 e. The van der Waals surface area contributed by atoms with Gasteiger partial charge in [-0.2, -0.15) is 0 Å². The molecule has 3 N–H and O–H groups in total. The molecule has 0 heterocycles. The Morgan fingerprint density at radius 3 is 2.46 bits per heavy atom. The molecule has 0 aliphatic rings. The van der Waals surface area contributed by atoms with Crippen LogP contribution in [0.25, 0.3) is 0 Å². The predicted molar refractivity (Wildman–Crippen MR) is 50.6 cm³/mol. The van der Waals surface area contributed by atoms with Crippen molar-refractivity contribution >= 4 is 5.84 Å². The average molecular weight is 180 g/mol. The van der Waals surface area contributed by atoms with E-state index in [4.69, 9.17) is 20.6 Å². The highest BCUT2D eigenvalue weighted by Crippen LogP contribution is 2.29. The van der Waals surface area contributed by atoms with Gasteiger partial charge < -0.3 is 15.2 Å². The lowest BCUT2D eigenvalue weighted by atomic mass is 10.1. The van der Waals surface area contributed by atoms with Crippen LogP contribution in [0.5, 0.6) is 11.5 Å². The van der Waals surface area contributed by atoms with Crippen LogP contribution in [0.3, 0.4) is 0 Å². The number of ether oxygens (including phenoxy) is 2. The highest BCUT2D eigenvalue weighted by atomic mass is 16.5. The summed E-state index contributed by atoms with van der Waals surface area (Å²) in [7, 11) is 3.06. The van der Waals surface area contributed by atoms with Crippen LogP contribution < -0.4 is 15.2 Å². The standard InChI is InChI=1S/C9H12N2O2/c1-12-7-5-3-4-6(9(10)11)8(7)13-2/h3-5H,1-2H3,(H3,10,11). The molecule has 0 aromatic heterocycles.